The number of hydrogen-bond donors (Lipinski definition) is 3. The Morgan fingerprint density at radius 2 is 2.19 bits per heavy atom. The van der Waals surface area contributed by atoms with Gasteiger partial charge < -0.3 is 21.1 Å². The summed E-state index contributed by atoms with van der Waals surface area (Å²) in [5.74, 6) is -0.286. The van der Waals surface area contributed by atoms with Crippen LogP contribution < -0.4 is 16.4 Å². The minimum absolute atomic E-state index is 0.170. The Balaban J connectivity index is 2.50. The number of carbonyl (C=O) groups is 2. The van der Waals surface area contributed by atoms with Crippen LogP contribution in [0, 0.1) is 0 Å². The van der Waals surface area contributed by atoms with E-state index >= 15 is 0 Å². The zero-order chi connectivity index (χ0) is 15.7. The number of halogens is 1. The van der Waals surface area contributed by atoms with E-state index < -0.39 is 5.91 Å². The smallest absolute Gasteiger partial charge is 0.253 e. The summed E-state index contributed by atoms with van der Waals surface area (Å²) in [5.41, 5.74) is 5.25. The second-order valence-electron chi connectivity index (χ2n) is 4.25. The fraction of sp³-hybridized carbons (Fsp3) is 0.462. The highest BCUT2D eigenvalue weighted by Gasteiger charge is 2.11. The molecule has 0 saturated heterocycles. The number of nitrogens with one attached hydrogen (secondary N) is 2. The van der Waals surface area contributed by atoms with Gasteiger partial charge in [-0.15, -0.1) is 0 Å². The molecule has 4 N–H and O–H groups in total. The van der Waals surface area contributed by atoms with Crippen molar-refractivity contribution in [2.75, 3.05) is 31.6 Å². The average Bonchev–Trinajstić information content (AvgIpc) is 2.45. The summed E-state index contributed by atoms with van der Waals surface area (Å²) in [6, 6.07) is 1.59. The van der Waals surface area contributed by atoms with E-state index in [0.717, 1.165) is 13.0 Å². The number of hydrogen-bond acceptors (Lipinski definition) is 5. The van der Waals surface area contributed by atoms with E-state index in [1.807, 2.05) is 6.92 Å². The summed E-state index contributed by atoms with van der Waals surface area (Å²) in [6.45, 7) is 3.07. The minimum Gasteiger partial charge on any atom is -0.370 e. The molecule has 8 heteroatoms. The van der Waals surface area contributed by atoms with Gasteiger partial charge in [0.1, 0.15) is 12.4 Å². The van der Waals surface area contributed by atoms with Gasteiger partial charge in [-0.1, -0.05) is 18.5 Å². The molecule has 1 aromatic rings. The lowest BCUT2D eigenvalue weighted by atomic mass is 10.2. The molecule has 0 atom stereocenters. The monoisotopic (exact) mass is 314 g/mol. The maximum Gasteiger partial charge on any atom is 0.253 e. The van der Waals surface area contributed by atoms with E-state index in [1.54, 1.807) is 6.07 Å². The van der Waals surface area contributed by atoms with Crippen LogP contribution in [0.1, 0.15) is 23.7 Å². The van der Waals surface area contributed by atoms with Crippen LogP contribution in [0.5, 0.6) is 0 Å². The van der Waals surface area contributed by atoms with E-state index in [-0.39, 0.29) is 30.7 Å². The predicted molar refractivity (Wildman–Crippen MR) is 80.4 cm³/mol. The van der Waals surface area contributed by atoms with E-state index in [4.69, 9.17) is 22.1 Å². The molecule has 1 rings (SSSR count). The van der Waals surface area contributed by atoms with Crippen molar-refractivity contribution in [1.82, 2.24) is 10.3 Å². The van der Waals surface area contributed by atoms with E-state index in [1.165, 1.54) is 6.20 Å². The van der Waals surface area contributed by atoms with Crippen LogP contribution in [-0.2, 0) is 9.53 Å². The fourth-order valence-electron chi connectivity index (χ4n) is 1.47. The molecular weight excluding hydrogens is 296 g/mol. The summed E-state index contributed by atoms with van der Waals surface area (Å²) < 4.78 is 4.94. The first-order chi connectivity index (χ1) is 10.0. The quantitative estimate of drug-likeness (QED) is 0.584. The SMILES string of the molecule is CCCNc1cc(C(=O)NCCOCC(N)=O)c(Cl)cn1. The Kier molecular flexibility index (Phi) is 7.49. The second-order valence-corrected chi connectivity index (χ2v) is 4.66. The van der Waals surface area contributed by atoms with Gasteiger partial charge >= 0.3 is 0 Å². The largest absolute Gasteiger partial charge is 0.370 e. The Labute approximate surface area is 128 Å². The van der Waals surface area contributed by atoms with Crippen LogP contribution in [0.2, 0.25) is 5.02 Å². The second kappa shape index (κ2) is 9.15. The van der Waals surface area contributed by atoms with E-state index in [2.05, 4.69) is 15.6 Å². The molecular formula is C13H19ClN4O3. The number of carbonyl (C=O) groups excluding carboxylic acids is 2. The Bertz CT molecular complexity index is 496. The van der Waals surface area contributed by atoms with Gasteiger partial charge in [0.15, 0.2) is 0 Å². The van der Waals surface area contributed by atoms with Crippen LogP contribution in [0.4, 0.5) is 5.82 Å². The molecule has 21 heavy (non-hydrogen) atoms. The summed E-state index contributed by atoms with van der Waals surface area (Å²) in [5, 5.41) is 5.99. The first-order valence-electron chi connectivity index (χ1n) is 6.58. The Morgan fingerprint density at radius 1 is 1.43 bits per heavy atom. The maximum absolute atomic E-state index is 12.0. The summed E-state index contributed by atoms with van der Waals surface area (Å²) >= 11 is 5.96. The summed E-state index contributed by atoms with van der Waals surface area (Å²) in [4.78, 5) is 26.5. The number of pyridine rings is 1. The zero-order valence-electron chi connectivity index (χ0n) is 11.8. The highest BCUT2D eigenvalue weighted by atomic mass is 35.5. The van der Waals surface area contributed by atoms with Crippen LogP contribution in [0.25, 0.3) is 0 Å². The van der Waals surface area contributed by atoms with E-state index in [9.17, 15) is 9.59 Å². The molecule has 7 nitrogen and oxygen atoms in total. The minimum atomic E-state index is -0.551. The number of ether oxygens (including phenoxy) is 1. The van der Waals surface area contributed by atoms with Gasteiger partial charge in [-0.05, 0) is 12.5 Å². The molecule has 0 unspecified atom stereocenters. The number of aromatic nitrogens is 1. The highest BCUT2D eigenvalue weighted by Crippen LogP contribution is 2.17. The van der Waals surface area contributed by atoms with Crippen molar-refractivity contribution >= 4 is 29.2 Å². The van der Waals surface area contributed by atoms with Crippen molar-refractivity contribution in [3.8, 4) is 0 Å². The third-order valence-corrected chi connectivity index (χ3v) is 2.73. The van der Waals surface area contributed by atoms with Crippen molar-refractivity contribution in [2.45, 2.75) is 13.3 Å². The number of anilines is 1. The van der Waals surface area contributed by atoms with Crippen LogP contribution in [0.15, 0.2) is 12.3 Å². The molecule has 1 heterocycles. The Hall–Kier alpha value is -1.86. The molecule has 0 bridgehead atoms. The standard InChI is InChI=1S/C13H19ClN4O3/c1-2-3-16-12-6-9(10(14)7-18-12)13(20)17-4-5-21-8-11(15)19/h6-7H,2-5,8H2,1H3,(H2,15,19)(H,16,18)(H,17,20). The van der Waals surface area contributed by atoms with Gasteiger partial charge in [-0.2, -0.15) is 0 Å². The highest BCUT2D eigenvalue weighted by molar-refractivity contribution is 6.33. The number of primary amides is 1. The molecule has 116 valence electrons. The van der Waals surface area contributed by atoms with Crippen LogP contribution in [-0.4, -0.2) is 43.1 Å². The van der Waals surface area contributed by atoms with Crippen molar-refractivity contribution in [3.05, 3.63) is 22.8 Å². The number of nitrogens with zero attached hydrogens (tertiary/aromatic N) is 1. The maximum atomic E-state index is 12.0. The lowest BCUT2D eigenvalue weighted by molar-refractivity contribution is -0.122. The Morgan fingerprint density at radius 3 is 2.86 bits per heavy atom. The van der Waals surface area contributed by atoms with Crippen molar-refractivity contribution in [2.24, 2.45) is 5.73 Å². The van der Waals surface area contributed by atoms with Gasteiger partial charge in [-0.3, -0.25) is 9.59 Å². The molecule has 0 saturated carbocycles. The van der Waals surface area contributed by atoms with Gasteiger partial charge in [0.05, 0.1) is 17.2 Å². The molecule has 0 radical (unpaired) electrons. The van der Waals surface area contributed by atoms with Crippen LogP contribution >= 0.6 is 11.6 Å². The average molecular weight is 315 g/mol. The van der Waals surface area contributed by atoms with Crippen LogP contribution in [0.3, 0.4) is 0 Å². The molecule has 0 aromatic carbocycles. The van der Waals surface area contributed by atoms with Crippen molar-refractivity contribution < 1.29 is 14.3 Å². The molecule has 0 fully saturated rings. The lowest BCUT2D eigenvalue weighted by Crippen LogP contribution is -2.29. The van der Waals surface area contributed by atoms with E-state index in [0.29, 0.717) is 11.4 Å². The zero-order valence-corrected chi connectivity index (χ0v) is 12.6. The van der Waals surface area contributed by atoms with Gasteiger partial charge in [0.25, 0.3) is 5.91 Å². The van der Waals surface area contributed by atoms with Gasteiger partial charge in [-0.25, -0.2) is 4.98 Å². The number of rotatable bonds is 9. The third-order valence-electron chi connectivity index (χ3n) is 2.43. The third kappa shape index (κ3) is 6.42. The van der Waals surface area contributed by atoms with Gasteiger partial charge in [0, 0.05) is 19.3 Å². The van der Waals surface area contributed by atoms with Gasteiger partial charge in [0.2, 0.25) is 5.91 Å². The number of amides is 2. The molecule has 2 amide bonds. The molecule has 1 aromatic heterocycles. The first kappa shape index (κ1) is 17.2. The molecule has 0 aliphatic rings. The van der Waals surface area contributed by atoms with Crippen molar-refractivity contribution in [3.63, 3.8) is 0 Å². The fourth-order valence-corrected chi connectivity index (χ4v) is 1.66. The molecule has 0 aliphatic carbocycles. The van der Waals surface area contributed by atoms with Crippen molar-refractivity contribution in [1.29, 1.82) is 0 Å². The summed E-state index contributed by atoms with van der Waals surface area (Å²) in [7, 11) is 0. The molecule has 0 aliphatic heterocycles. The topological polar surface area (TPSA) is 106 Å². The predicted octanol–water partition coefficient (Wildman–Crippen LogP) is 0.789. The number of nitrogens with two attached hydrogens (primary N) is 1. The lowest BCUT2D eigenvalue weighted by Gasteiger charge is -2.09. The normalized spacial score (nSPS) is 10.2. The molecule has 0 spiro atoms. The summed E-state index contributed by atoms with van der Waals surface area (Å²) in [6.07, 6.45) is 2.38. The first-order valence-corrected chi connectivity index (χ1v) is 6.96.